The molecule has 0 saturated carbocycles. The Balaban J connectivity index is 1.61. The quantitative estimate of drug-likeness (QED) is 0.884. The molecule has 2 N–H and O–H groups in total. The average molecular weight is 287 g/mol. The number of carbonyl (C=O) groups is 1. The zero-order valence-electron chi connectivity index (χ0n) is 12.3. The number of methoxy groups -OCH3 is 1. The van der Waals surface area contributed by atoms with Crippen LogP contribution in [0.1, 0.15) is 23.3 Å². The third kappa shape index (κ3) is 3.19. The molecule has 1 amide bonds. The van der Waals surface area contributed by atoms with Gasteiger partial charge in [-0.2, -0.15) is 0 Å². The van der Waals surface area contributed by atoms with Gasteiger partial charge in [-0.25, -0.2) is 0 Å². The summed E-state index contributed by atoms with van der Waals surface area (Å²) >= 11 is 0. The second kappa shape index (κ2) is 6.18. The summed E-state index contributed by atoms with van der Waals surface area (Å²) in [5, 5.41) is 3.96. The third-order valence-corrected chi connectivity index (χ3v) is 3.98. The van der Waals surface area contributed by atoms with Crippen molar-refractivity contribution in [1.29, 1.82) is 0 Å². The van der Waals surface area contributed by atoms with E-state index in [1.165, 1.54) is 12.8 Å². The Kier molecular flexibility index (Phi) is 4.10. The van der Waals surface area contributed by atoms with Crippen LogP contribution in [0.5, 0.6) is 5.75 Å². The van der Waals surface area contributed by atoms with Gasteiger partial charge < -0.3 is 19.9 Å². The molecule has 0 aliphatic carbocycles. The summed E-state index contributed by atoms with van der Waals surface area (Å²) in [5.41, 5.74) is 1.54. The molecular weight excluding hydrogens is 266 g/mol. The number of H-pyrrole nitrogens is 1. The number of ether oxygens (including phenoxy) is 1. The lowest BCUT2D eigenvalue weighted by Crippen LogP contribution is -2.33. The molecule has 1 aromatic heterocycles. The smallest absolute Gasteiger partial charge is 0.267 e. The molecule has 21 heavy (non-hydrogen) atoms. The molecule has 0 spiro atoms. The minimum absolute atomic E-state index is 0.0515. The average Bonchev–Trinajstić information content (AvgIpc) is 3.15. The first kappa shape index (κ1) is 13.9. The highest BCUT2D eigenvalue weighted by Gasteiger charge is 2.13. The monoisotopic (exact) mass is 287 g/mol. The number of rotatable bonds is 5. The Bertz CT molecular complexity index is 629. The lowest BCUT2D eigenvalue weighted by Gasteiger charge is -2.14. The van der Waals surface area contributed by atoms with Crippen LogP contribution in [0.25, 0.3) is 10.9 Å². The number of hydrogen-bond donors (Lipinski definition) is 2. The van der Waals surface area contributed by atoms with E-state index in [4.69, 9.17) is 4.74 Å². The normalized spacial score (nSPS) is 15.5. The minimum Gasteiger partial charge on any atom is -0.497 e. The van der Waals surface area contributed by atoms with Crippen LogP contribution in [0.3, 0.4) is 0 Å². The van der Waals surface area contributed by atoms with Crippen molar-refractivity contribution in [2.45, 2.75) is 12.8 Å². The molecule has 0 radical (unpaired) electrons. The van der Waals surface area contributed by atoms with Crippen molar-refractivity contribution in [3.63, 3.8) is 0 Å². The first-order chi connectivity index (χ1) is 10.3. The molecule has 5 nitrogen and oxygen atoms in total. The van der Waals surface area contributed by atoms with Crippen molar-refractivity contribution in [3.05, 3.63) is 30.0 Å². The molecule has 1 saturated heterocycles. The van der Waals surface area contributed by atoms with Gasteiger partial charge in [0.05, 0.1) is 7.11 Å². The first-order valence-corrected chi connectivity index (χ1v) is 7.43. The van der Waals surface area contributed by atoms with E-state index in [9.17, 15) is 4.79 Å². The Hall–Kier alpha value is -2.01. The lowest BCUT2D eigenvalue weighted by atomic mass is 10.2. The molecule has 1 fully saturated rings. The summed E-state index contributed by atoms with van der Waals surface area (Å²) in [6, 6.07) is 7.60. The molecule has 1 aliphatic heterocycles. The van der Waals surface area contributed by atoms with Gasteiger partial charge in [0.15, 0.2) is 0 Å². The van der Waals surface area contributed by atoms with E-state index in [1.54, 1.807) is 7.11 Å². The summed E-state index contributed by atoms with van der Waals surface area (Å²) in [7, 11) is 1.64. The molecule has 0 bridgehead atoms. The highest BCUT2D eigenvalue weighted by Crippen LogP contribution is 2.21. The van der Waals surface area contributed by atoms with E-state index >= 15 is 0 Å². The van der Waals surface area contributed by atoms with Gasteiger partial charge in [0.25, 0.3) is 5.91 Å². The molecule has 1 aromatic carbocycles. The van der Waals surface area contributed by atoms with Crippen molar-refractivity contribution in [2.75, 3.05) is 33.3 Å². The number of nitrogens with zero attached hydrogens (tertiary/aromatic N) is 1. The van der Waals surface area contributed by atoms with E-state index in [0.29, 0.717) is 12.2 Å². The first-order valence-electron chi connectivity index (χ1n) is 7.43. The molecule has 1 aliphatic rings. The number of carbonyl (C=O) groups excluding carboxylic acids is 1. The molecule has 112 valence electrons. The number of amides is 1. The van der Waals surface area contributed by atoms with E-state index < -0.39 is 0 Å². The maximum atomic E-state index is 12.2. The molecular formula is C16H21N3O2. The molecule has 2 aromatic rings. The van der Waals surface area contributed by atoms with Crippen molar-refractivity contribution in [2.24, 2.45) is 0 Å². The zero-order chi connectivity index (χ0) is 14.7. The van der Waals surface area contributed by atoms with Gasteiger partial charge >= 0.3 is 0 Å². The van der Waals surface area contributed by atoms with Gasteiger partial charge in [-0.1, -0.05) is 0 Å². The van der Waals surface area contributed by atoms with Gasteiger partial charge in [-0.3, -0.25) is 4.79 Å². The van der Waals surface area contributed by atoms with Crippen molar-refractivity contribution in [3.8, 4) is 5.75 Å². The summed E-state index contributed by atoms with van der Waals surface area (Å²) in [6.07, 6.45) is 2.55. The van der Waals surface area contributed by atoms with Crippen LogP contribution in [0.15, 0.2) is 24.3 Å². The Morgan fingerprint density at radius 3 is 2.90 bits per heavy atom. The van der Waals surface area contributed by atoms with Gasteiger partial charge in [-0.05, 0) is 50.2 Å². The molecule has 5 heteroatoms. The van der Waals surface area contributed by atoms with E-state index in [-0.39, 0.29) is 5.91 Å². The summed E-state index contributed by atoms with van der Waals surface area (Å²) in [6.45, 7) is 3.93. The Morgan fingerprint density at radius 1 is 1.33 bits per heavy atom. The van der Waals surface area contributed by atoms with Crippen molar-refractivity contribution < 1.29 is 9.53 Å². The number of nitrogens with one attached hydrogen (secondary N) is 2. The lowest BCUT2D eigenvalue weighted by molar-refractivity contribution is 0.0945. The van der Waals surface area contributed by atoms with Crippen LogP contribution < -0.4 is 10.1 Å². The Morgan fingerprint density at radius 2 is 2.14 bits per heavy atom. The van der Waals surface area contributed by atoms with Crippen LogP contribution in [0, 0.1) is 0 Å². The maximum Gasteiger partial charge on any atom is 0.267 e. The van der Waals surface area contributed by atoms with Crippen molar-refractivity contribution >= 4 is 16.8 Å². The second-order valence-electron chi connectivity index (χ2n) is 5.44. The van der Waals surface area contributed by atoms with Crippen LogP contribution >= 0.6 is 0 Å². The zero-order valence-corrected chi connectivity index (χ0v) is 12.3. The van der Waals surface area contributed by atoms with Crippen LogP contribution in [-0.2, 0) is 0 Å². The van der Waals surface area contributed by atoms with E-state index in [0.717, 1.165) is 36.3 Å². The molecule has 0 atom stereocenters. The minimum atomic E-state index is -0.0515. The van der Waals surface area contributed by atoms with Gasteiger partial charge in [0.2, 0.25) is 0 Å². The number of likely N-dealkylation sites (tertiary alicyclic amines) is 1. The topological polar surface area (TPSA) is 57.4 Å². The predicted octanol–water partition coefficient (Wildman–Crippen LogP) is 2.00. The second-order valence-corrected chi connectivity index (χ2v) is 5.44. The number of aromatic amines is 1. The Labute approximate surface area is 124 Å². The standard InChI is InChI=1S/C16H21N3O2/c1-21-13-4-5-14-12(10-13)11-15(18-14)16(20)17-6-9-19-7-2-3-8-19/h4-5,10-11,18H,2-3,6-9H2,1H3,(H,17,20). The highest BCUT2D eigenvalue weighted by molar-refractivity contribution is 5.98. The number of fused-ring (bicyclic) bond motifs is 1. The summed E-state index contributed by atoms with van der Waals surface area (Å²) < 4.78 is 5.19. The van der Waals surface area contributed by atoms with Crippen LogP contribution in [0.4, 0.5) is 0 Å². The molecule has 2 heterocycles. The van der Waals surface area contributed by atoms with E-state index in [1.807, 2.05) is 24.3 Å². The largest absolute Gasteiger partial charge is 0.497 e. The van der Waals surface area contributed by atoms with Gasteiger partial charge in [0, 0.05) is 24.0 Å². The fraction of sp³-hybridized carbons (Fsp3) is 0.438. The predicted molar refractivity (Wildman–Crippen MR) is 82.9 cm³/mol. The maximum absolute atomic E-state index is 12.2. The third-order valence-electron chi connectivity index (χ3n) is 3.98. The fourth-order valence-corrected chi connectivity index (χ4v) is 2.79. The molecule has 3 rings (SSSR count). The van der Waals surface area contributed by atoms with Gasteiger partial charge in [0.1, 0.15) is 11.4 Å². The number of benzene rings is 1. The SMILES string of the molecule is COc1ccc2[nH]c(C(=O)NCCN3CCCC3)cc2c1. The van der Waals surface area contributed by atoms with E-state index in [2.05, 4.69) is 15.2 Å². The fourth-order valence-electron chi connectivity index (χ4n) is 2.79. The van der Waals surface area contributed by atoms with Crippen LogP contribution in [0.2, 0.25) is 0 Å². The highest BCUT2D eigenvalue weighted by atomic mass is 16.5. The van der Waals surface area contributed by atoms with Gasteiger partial charge in [-0.15, -0.1) is 0 Å². The number of aromatic nitrogens is 1. The summed E-state index contributed by atoms with van der Waals surface area (Å²) in [4.78, 5) is 17.7. The molecule has 0 unspecified atom stereocenters. The van der Waals surface area contributed by atoms with Crippen LogP contribution in [-0.4, -0.2) is 49.1 Å². The number of hydrogen-bond acceptors (Lipinski definition) is 3. The summed E-state index contributed by atoms with van der Waals surface area (Å²) in [5.74, 6) is 0.742. The van der Waals surface area contributed by atoms with Crippen molar-refractivity contribution in [1.82, 2.24) is 15.2 Å².